The van der Waals surface area contributed by atoms with Gasteiger partial charge in [-0.15, -0.1) is 0 Å². The van der Waals surface area contributed by atoms with Gasteiger partial charge in [-0.2, -0.15) is 8.42 Å². The fraction of sp³-hybridized carbons (Fsp3) is 0.250. The van der Waals surface area contributed by atoms with Gasteiger partial charge in [-0.1, -0.05) is 6.92 Å². The summed E-state index contributed by atoms with van der Waals surface area (Å²) in [4.78, 5) is 8.29. The zero-order chi connectivity index (χ0) is 14.1. The third-order valence-electron chi connectivity index (χ3n) is 2.14. The van der Waals surface area contributed by atoms with E-state index in [1.165, 1.54) is 6.92 Å². The average molecular weight is 295 g/mol. The largest absolute Gasteiger partial charge is 0.301 e. The lowest BCUT2D eigenvalue weighted by atomic mass is 10.3. The number of nitro benzene ring substituents is 1. The molecule has 1 aromatic rings. The molecule has 8 nitrogen and oxygen atoms in total. The van der Waals surface area contributed by atoms with Crippen LogP contribution < -0.4 is 0 Å². The lowest BCUT2D eigenvalue weighted by Crippen LogP contribution is -2.08. The third kappa shape index (κ3) is 2.83. The van der Waals surface area contributed by atoms with Gasteiger partial charge >= 0.3 is 10.1 Å². The maximum atomic E-state index is 11.5. The molecule has 10 heteroatoms. The molecule has 0 fully saturated rings. The predicted molar refractivity (Wildman–Crippen MR) is 60.6 cm³/mol. The first-order valence-electron chi connectivity index (χ1n) is 4.58. The van der Waals surface area contributed by atoms with Crippen LogP contribution in [-0.2, 0) is 20.0 Å². The van der Waals surface area contributed by atoms with Gasteiger partial charge in [-0.25, -0.2) is 8.42 Å². The van der Waals surface area contributed by atoms with Crippen molar-refractivity contribution >= 4 is 25.6 Å². The van der Waals surface area contributed by atoms with Crippen LogP contribution in [0.4, 0.5) is 5.69 Å². The maximum Gasteiger partial charge on any atom is 0.301 e. The number of hydrogen-bond acceptors (Lipinski definition) is 6. The van der Waals surface area contributed by atoms with Gasteiger partial charge in [0.2, 0.25) is 0 Å². The minimum absolute atomic E-state index is 0.282. The van der Waals surface area contributed by atoms with Gasteiger partial charge in [-0.05, 0) is 12.1 Å². The van der Waals surface area contributed by atoms with E-state index in [1.54, 1.807) is 0 Å². The van der Waals surface area contributed by atoms with Gasteiger partial charge in [0.05, 0.1) is 15.6 Å². The lowest BCUT2D eigenvalue weighted by molar-refractivity contribution is -0.388. The normalized spacial score (nSPS) is 12.3. The number of sulfone groups is 1. The van der Waals surface area contributed by atoms with Crippen molar-refractivity contribution in [2.75, 3.05) is 5.75 Å². The molecule has 0 heterocycles. The molecule has 1 N–H and O–H groups in total. The summed E-state index contributed by atoms with van der Waals surface area (Å²) >= 11 is 0. The molecule has 18 heavy (non-hydrogen) atoms. The highest BCUT2D eigenvalue weighted by atomic mass is 32.2. The quantitative estimate of drug-likeness (QED) is 0.489. The SMILES string of the molecule is CCS(=O)(=O)c1ccc(S(=O)(=O)O)c([N+](=O)[O-])c1. The summed E-state index contributed by atoms with van der Waals surface area (Å²) in [5.74, 6) is -0.282. The molecule has 0 aliphatic heterocycles. The summed E-state index contributed by atoms with van der Waals surface area (Å²) in [6.07, 6.45) is 0. The molecule has 0 atom stereocenters. The van der Waals surface area contributed by atoms with Crippen LogP contribution in [0.3, 0.4) is 0 Å². The maximum absolute atomic E-state index is 11.5. The first-order valence-corrected chi connectivity index (χ1v) is 7.67. The Bertz CT molecular complexity index is 690. The molecule has 0 bridgehead atoms. The number of hydrogen-bond donors (Lipinski definition) is 1. The molecule has 0 aliphatic carbocycles. The Morgan fingerprint density at radius 3 is 2.22 bits per heavy atom. The number of benzene rings is 1. The first kappa shape index (κ1) is 14.5. The van der Waals surface area contributed by atoms with Crippen molar-refractivity contribution < 1.29 is 26.3 Å². The van der Waals surface area contributed by atoms with E-state index in [0.29, 0.717) is 12.1 Å². The minimum Gasteiger partial charge on any atom is -0.282 e. The predicted octanol–water partition coefficient (Wildman–Crippen LogP) is 0.635. The molecular weight excluding hydrogens is 286 g/mol. The van der Waals surface area contributed by atoms with Gasteiger partial charge in [0.15, 0.2) is 14.7 Å². The summed E-state index contributed by atoms with van der Waals surface area (Å²) in [6, 6.07) is 2.20. The molecule has 0 saturated carbocycles. The van der Waals surface area contributed by atoms with Crippen LogP contribution in [0.1, 0.15) is 6.92 Å². The second-order valence-electron chi connectivity index (χ2n) is 3.27. The van der Waals surface area contributed by atoms with Crippen LogP contribution in [0, 0.1) is 10.1 Å². The van der Waals surface area contributed by atoms with Crippen molar-refractivity contribution in [1.29, 1.82) is 0 Å². The van der Waals surface area contributed by atoms with Gasteiger partial charge in [0.25, 0.3) is 5.69 Å². The summed E-state index contributed by atoms with van der Waals surface area (Å²) < 4.78 is 53.6. The second-order valence-corrected chi connectivity index (χ2v) is 6.93. The monoisotopic (exact) mass is 295 g/mol. The summed E-state index contributed by atoms with van der Waals surface area (Å²) in [7, 11) is -8.48. The topological polar surface area (TPSA) is 132 Å². The van der Waals surface area contributed by atoms with Gasteiger partial charge in [0.1, 0.15) is 0 Å². The van der Waals surface area contributed by atoms with Crippen LogP contribution in [0.2, 0.25) is 0 Å². The highest BCUT2D eigenvalue weighted by molar-refractivity contribution is 7.91. The Hall–Kier alpha value is -1.52. The molecule has 0 amide bonds. The van der Waals surface area contributed by atoms with Crippen LogP contribution in [0.5, 0.6) is 0 Å². The van der Waals surface area contributed by atoms with E-state index in [2.05, 4.69) is 0 Å². The Labute approximate surface area is 103 Å². The third-order valence-corrected chi connectivity index (χ3v) is 4.78. The molecule has 0 unspecified atom stereocenters. The van der Waals surface area contributed by atoms with E-state index in [1.807, 2.05) is 0 Å². The summed E-state index contributed by atoms with van der Waals surface area (Å²) in [6.45, 7) is 1.35. The Morgan fingerprint density at radius 2 is 1.83 bits per heavy atom. The molecule has 100 valence electrons. The Balaban J connectivity index is 3.63. The summed E-state index contributed by atoms with van der Waals surface area (Å²) in [5, 5.41) is 10.7. The number of nitro groups is 1. The van der Waals surface area contributed by atoms with Crippen molar-refractivity contribution in [2.45, 2.75) is 16.7 Å². The molecule has 0 aromatic heterocycles. The molecule has 1 rings (SSSR count). The van der Waals surface area contributed by atoms with Crippen molar-refractivity contribution in [1.82, 2.24) is 0 Å². The lowest BCUT2D eigenvalue weighted by Gasteiger charge is -2.03. The van der Waals surface area contributed by atoms with E-state index >= 15 is 0 Å². The molecule has 0 radical (unpaired) electrons. The molecule has 1 aromatic carbocycles. The van der Waals surface area contributed by atoms with E-state index in [0.717, 1.165) is 6.07 Å². The highest BCUT2D eigenvalue weighted by Gasteiger charge is 2.26. The van der Waals surface area contributed by atoms with Crippen LogP contribution in [0.25, 0.3) is 0 Å². The van der Waals surface area contributed by atoms with Crippen molar-refractivity contribution in [3.8, 4) is 0 Å². The van der Waals surface area contributed by atoms with Crippen LogP contribution in [-0.4, -0.2) is 32.1 Å². The van der Waals surface area contributed by atoms with Crippen LogP contribution in [0.15, 0.2) is 28.0 Å². The van der Waals surface area contributed by atoms with Crippen molar-refractivity contribution in [3.05, 3.63) is 28.3 Å². The second kappa shape index (κ2) is 4.63. The van der Waals surface area contributed by atoms with E-state index in [9.17, 15) is 26.9 Å². The first-order chi connectivity index (χ1) is 8.09. The summed E-state index contributed by atoms with van der Waals surface area (Å²) in [5.41, 5.74) is -0.980. The zero-order valence-electron chi connectivity index (χ0n) is 9.10. The zero-order valence-corrected chi connectivity index (χ0v) is 10.7. The Kier molecular flexibility index (Phi) is 3.74. The highest BCUT2D eigenvalue weighted by Crippen LogP contribution is 2.27. The fourth-order valence-electron chi connectivity index (χ4n) is 1.22. The van der Waals surface area contributed by atoms with E-state index < -0.39 is 35.5 Å². The van der Waals surface area contributed by atoms with Gasteiger partial charge in [-0.3, -0.25) is 14.7 Å². The van der Waals surface area contributed by atoms with Crippen molar-refractivity contribution in [2.24, 2.45) is 0 Å². The number of rotatable bonds is 4. The Morgan fingerprint density at radius 1 is 1.28 bits per heavy atom. The smallest absolute Gasteiger partial charge is 0.282 e. The molecule has 0 saturated heterocycles. The van der Waals surface area contributed by atoms with E-state index in [-0.39, 0.29) is 10.6 Å². The fourth-order valence-corrected chi connectivity index (χ4v) is 2.76. The van der Waals surface area contributed by atoms with E-state index in [4.69, 9.17) is 4.55 Å². The van der Waals surface area contributed by atoms with Crippen molar-refractivity contribution in [3.63, 3.8) is 0 Å². The molecule has 0 aliphatic rings. The molecular formula is C8H9NO7S2. The standard InChI is InChI=1S/C8H9NO7S2/c1-2-17(12,13)6-3-4-8(18(14,15)16)7(5-6)9(10)11/h3-5H,2H2,1H3,(H,14,15,16). The number of nitrogens with zero attached hydrogens (tertiary/aromatic N) is 1. The van der Waals surface area contributed by atoms with Crippen LogP contribution >= 0.6 is 0 Å². The van der Waals surface area contributed by atoms with Gasteiger partial charge < -0.3 is 0 Å². The molecule has 0 spiro atoms. The van der Waals surface area contributed by atoms with Gasteiger partial charge in [0, 0.05) is 6.07 Å². The average Bonchev–Trinajstić information content (AvgIpc) is 2.27. The minimum atomic E-state index is -4.78.